The van der Waals surface area contributed by atoms with E-state index in [2.05, 4.69) is 4.99 Å². The fraction of sp³-hybridized carbons (Fsp3) is 0.364. The van der Waals surface area contributed by atoms with Gasteiger partial charge in [0, 0.05) is 12.6 Å². The van der Waals surface area contributed by atoms with E-state index in [1.807, 2.05) is 18.2 Å². The summed E-state index contributed by atoms with van der Waals surface area (Å²) in [6, 6.07) is 9.15. The van der Waals surface area contributed by atoms with Gasteiger partial charge in [-0.05, 0) is 25.0 Å². The van der Waals surface area contributed by atoms with Crippen molar-refractivity contribution in [2.24, 2.45) is 4.99 Å². The summed E-state index contributed by atoms with van der Waals surface area (Å²) in [6.45, 7) is 0. The van der Waals surface area contributed by atoms with Crippen LogP contribution in [0.1, 0.15) is 19.3 Å². The molecule has 1 aromatic rings. The van der Waals surface area contributed by atoms with E-state index in [1.54, 1.807) is 12.1 Å². The highest BCUT2D eigenvalue weighted by molar-refractivity contribution is 5.62. The van der Waals surface area contributed by atoms with Crippen molar-refractivity contribution in [3.8, 4) is 0 Å². The summed E-state index contributed by atoms with van der Waals surface area (Å²) in [6.07, 6.45) is -2.82. The summed E-state index contributed by atoms with van der Waals surface area (Å²) in [5.41, 5.74) is 0.768. The molecule has 0 spiro atoms. The fourth-order valence-corrected chi connectivity index (χ4v) is 1.08. The van der Waals surface area contributed by atoms with Crippen molar-refractivity contribution in [2.45, 2.75) is 25.4 Å². The molecule has 0 aliphatic carbocycles. The van der Waals surface area contributed by atoms with Crippen LogP contribution in [0.4, 0.5) is 18.9 Å². The molecule has 0 atom stereocenters. The van der Waals surface area contributed by atoms with Crippen LogP contribution in [0.2, 0.25) is 0 Å². The van der Waals surface area contributed by atoms with Crippen LogP contribution >= 0.6 is 0 Å². The van der Waals surface area contributed by atoms with Crippen molar-refractivity contribution in [3.05, 3.63) is 30.3 Å². The highest BCUT2D eigenvalue weighted by Crippen LogP contribution is 2.21. The molecule has 0 fully saturated rings. The van der Waals surface area contributed by atoms with Crippen LogP contribution in [0, 0.1) is 0 Å². The maximum atomic E-state index is 11.8. The molecule has 1 aromatic carbocycles. The van der Waals surface area contributed by atoms with E-state index in [1.165, 1.54) is 6.21 Å². The van der Waals surface area contributed by atoms with Gasteiger partial charge in [0.2, 0.25) is 0 Å². The summed E-state index contributed by atoms with van der Waals surface area (Å²) in [4.78, 5) is 4.03. The summed E-state index contributed by atoms with van der Waals surface area (Å²) < 4.78 is 35.3. The quantitative estimate of drug-likeness (QED) is 0.529. The molecule has 0 saturated heterocycles. The lowest BCUT2D eigenvalue weighted by Crippen LogP contribution is -2.06. The second-order valence-electron chi connectivity index (χ2n) is 3.15. The Morgan fingerprint density at radius 1 is 1.13 bits per heavy atom. The van der Waals surface area contributed by atoms with Crippen LogP contribution in [-0.2, 0) is 0 Å². The highest BCUT2D eigenvalue weighted by atomic mass is 19.4. The van der Waals surface area contributed by atoms with E-state index in [4.69, 9.17) is 0 Å². The Bertz CT molecular complexity index is 303. The lowest BCUT2D eigenvalue weighted by atomic mass is 10.2. The third-order valence-electron chi connectivity index (χ3n) is 1.79. The summed E-state index contributed by atoms with van der Waals surface area (Å²) in [5.74, 6) is 0. The van der Waals surface area contributed by atoms with Crippen LogP contribution in [-0.4, -0.2) is 12.4 Å². The van der Waals surface area contributed by atoms with Gasteiger partial charge in [-0.15, -0.1) is 0 Å². The Labute approximate surface area is 86.6 Å². The number of aliphatic imine (C=N–C) groups is 1. The van der Waals surface area contributed by atoms with Crippen LogP contribution in [0.5, 0.6) is 0 Å². The largest absolute Gasteiger partial charge is 0.389 e. The molecular weight excluding hydrogens is 203 g/mol. The monoisotopic (exact) mass is 215 g/mol. The van der Waals surface area contributed by atoms with Crippen molar-refractivity contribution >= 4 is 11.9 Å². The van der Waals surface area contributed by atoms with Gasteiger partial charge in [0.25, 0.3) is 0 Å². The predicted octanol–water partition coefficient (Wildman–Crippen LogP) is 4.12. The Morgan fingerprint density at radius 2 is 1.80 bits per heavy atom. The molecule has 0 heterocycles. The number of unbranched alkanes of at least 4 members (excludes halogenated alkanes) is 1. The molecule has 0 radical (unpaired) electrons. The fourth-order valence-electron chi connectivity index (χ4n) is 1.08. The zero-order valence-corrected chi connectivity index (χ0v) is 8.17. The first kappa shape index (κ1) is 11.8. The average molecular weight is 215 g/mol. The number of rotatable bonds is 4. The third-order valence-corrected chi connectivity index (χ3v) is 1.79. The Hall–Kier alpha value is -1.32. The number of alkyl halides is 3. The van der Waals surface area contributed by atoms with Gasteiger partial charge in [0.05, 0.1) is 5.69 Å². The summed E-state index contributed by atoms with van der Waals surface area (Å²) >= 11 is 0. The Morgan fingerprint density at radius 3 is 2.40 bits per heavy atom. The van der Waals surface area contributed by atoms with Crippen molar-refractivity contribution in [3.63, 3.8) is 0 Å². The van der Waals surface area contributed by atoms with Gasteiger partial charge in [-0.1, -0.05) is 18.2 Å². The van der Waals surface area contributed by atoms with Crippen LogP contribution in [0.25, 0.3) is 0 Å². The molecule has 1 rings (SSSR count). The minimum absolute atomic E-state index is 0.0971. The van der Waals surface area contributed by atoms with E-state index in [9.17, 15) is 13.2 Å². The SMILES string of the molecule is FC(F)(F)CCC/C=N\c1ccccc1. The van der Waals surface area contributed by atoms with Crippen molar-refractivity contribution in [2.75, 3.05) is 0 Å². The lowest BCUT2D eigenvalue weighted by Gasteiger charge is -2.02. The van der Waals surface area contributed by atoms with E-state index >= 15 is 0 Å². The van der Waals surface area contributed by atoms with E-state index in [-0.39, 0.29) is 6.42 Å². The molecule has 0 aliphatic heterocycles. The van der Waals surface area contributed by atoms with Gasteiger partial charge in [-0.25, -0.2) is 0 Å². The second-order valence-corrected chi connectivity index (χ2v) is 3.15. The minimum Gasteiger partial charge on any atom is -0.261 e. The molecule has 0 unspecified atom stereocenters. The van der Waals surface area contributed by atoms with E-state index in [0.717, 1.165) is 5.69 Å². The molecule has 4 heteroatoms. The highest BCUT2D eigenvalue weighted by Gasteiger charge is 2.25. The van der Waals surface area contributed by atoms with Gasteiger partial charge in [0.15, 0.2) is 0 Å². The molecule has 0 bridgehead atoms. The molecule has 82 valence electrons. The summed E-state index contributed by atoms with van der Waals surface area (Å²) in [5, 5.41) is 0. The van der Waals surface area contributed by atoms with Gasteiger partial charge in [-0.3, -0.25) is 4.99 Å². The third kappa shape index (κ3) is 5.88. The molecule has 1 nitrogen and oxygen atoms in total. The topological polar surface area (TPSA) is 12.4 Å². The first-order chi connectivity index (χ1) is 7.08. The van der Waals surface area contributed by atoms with E-state index in [0.29, 0.717) is 6.42 Å². The molecule has 0 saturated carbocycles. The second kappa shape index (κ2) is 5.53. The smallest absolute Gasteiger partial charge is 0.261 e. The normalized spacial score (nSPS) is 12.2. The first-order valence-corrected chi connectivity index (χ1v) is 4.72. The zero-order chi connectivity index (χ0) is 11.1. The number of para-hydroxylation sites is 1. The maximum absolute atomic E-state index is 11.8. The molecule has 15 heavy (non-hydrogen) atoms. The first-order valence-electron chi connectivity index (χ1n) is 4.72. The van der Waals surface area contributed by atoms with Gasteiger partial charge in [0.1, 0.15) is 0 Å². The maximum Gasteiger partial charge on any atom is 0.389 e. The molecule has 0 aliphatic rings. The molecule has 0 amide bonds. The zero-order valence-electron chi connectivity index (χ0n) is 8.17. The molecular formula is C11H12F3N. The number of benzene rings is 1. The lowest BCUT2D eigenvalue weighted by molar-refractivity contribution is -0.135. The number of nitrogens with zero attached hydrogens (tertiary/aromatic N) is 1. The van der Waals surface area contributed by atoms with Crippen molar-refractivity contribution in [1.29, 1.82) is 0 Å². The number of halogens is 3. The Balaban J connectivity index is 2.24. The number of hydrogen-bond donors (Lipinski definition) is 0. The van der Waals surface area contributed by atoms with E-state index < -0.39 is 12.6 Å². The Kier molecular flexibility index (Phi) is 4.34. The standard InChI is InChI=1S/C11H12F3N/c12-11(13,14)8-4-5-9-15-10-6-2-1-3-7-10/h1-3,6-7,9H,4-5,8H2/b15-9-. The predicted molar refractivity (Wildman–Crippen MR) is 54.5 cm³/mol. The minimum atomic E-state index is -4.05. The van der Waals surface area contributed by atoms with Crippen molar-refractivity contribution in [1.82, 2.24) is 0 Å². The van der Waals surface area contributed by atoms with Crippen LogP contribution in [0.15, 0.2) is 35.3 Å². The summed E-state index contributed by atoms with van der Waals surface area (Å²) in [7, 11) is 0. The van der Waals surface area contributed by atoms with Gasteiger partial charge >= 0.3 is 6.18 Å². The molecule has 0 aromatic heterocycles. The van der Waals surface area contributed by atoms with Crippen LogP contribution in [0.3, 0.4) is 0 Å². The van der Waals surface area contributed by atoms with Gasteiger partial charge < -0.3 is 0 Å². The van der Waals surface area contributed by atoms with Crippen LogP contribution < -0.4 is 0 Å². The number of hydrogen-bond acceptors (Lipinski definition) is 1. The van der Waals surface area contributed by atoms with Crippen molar-refractivity contribution < 1.29 is 13.2 Å². The average Bonchev–Trinajstić information content (AvgIpc) is 2.17. The van der Waals surface area contributed by atoms with Gasteiger partial charge in [-0.2, -0.15) is 13.2 Å². The molecule has 0 N–H and O–H groups in total.